The molecule has 1 atom stereocenters. The van der Waals surface area contributed by atoms with Crippen LogP contribution in [0.25, 0.3) is 55.3 Å². The molecule has 0 bridgehead atoms. The first-order valence-corrected chi connectivity index (χ1v) is 17.2. The molecule has 0 saturated carbocycles. The Labute approximate surface area is 229 Å². The van der Waals surface area contributed by atoms with E-state index in [1.807, 2.05) is 0 Å². The largest absolute Gasteiger partial charge is 0.488 e. The fourth-order valence-corrected chi connectivity index (χ4v) is 7.36. The second-order valence-electron chi connectivity index (χ2n) is 12.0. The van der Waals surface area contributed by atoms with Crippen molar-refractivity contribution in [3.8, 4) is 61.7 Å². The summed E-state index contributed by atoms with van der Waals surface area (Å²) in [6, 6.07) is 25.8. The molecule has 1 heterocycles. The summed E-state index contributed by atoms with van der Waals surface area (Å²) in [7, 11) is -1.70. The number of hydrogen-bond acceptors (Lipinski definition) is 2. The van der Waals surface area contributed by atoms with Gasteiger partial charge in [-0.15, -0.1) is 5.54 Å². The summed E-state index contributed by atoms with van der Waals surface area (Å²) in [6.45, 7) is 9.55. The predicted molar refractivity (Wildman–Crippen MR) is 163 cm³/mol. The van der Waals surface area contributed by atoms with Gasteiger partial charge in [0.25, 0.3) is 0 Å². The molecule has 5 aromatic carbocycles. The van der Waals surface area contributed by atoms with Crippen molar-refractivity contribution in [3.05, 3.63) is 101 Å². The summed E-state index contributed by atoms with van der Waals surface area (Å²) in [6.07, 6.45) is -0.728. The van der Waals surface area contributed by atoms with E-state index in [0.29, 0.717) is 6.61 Å². The summed E-state index contributed by atoms with van der Waals surface area (Å²) < 4.78 is 6.48. The summed E-state index contributed by atoms with van der Waals surface area (Å²) in [5.41, 5.74) is 18.3. The number of rotatable bonds is 0. The van der Waals surface area contributed by atoms with E-state index in [0.717, 1.165) is 44.7 Å². The molecule has 8 rings (SSSR count). The molecule has 39 heavy (non-hydrogen) atoms. The number of ether oxygens (including phenoxy) is 1. The maximum Gasteiger partial charge on any atom is 0.129 e. The van der Waals surface area contributed by atoms with Gasteiger partial charge < -0.3 is 9.84 Å². The number of benzene rings is 5. The monoisotopic (exact) mass is 520 g/mol. The van der Waals surface area contributed by atoms with E-state index < -0.39 is 14.2 Å². The van der Waals surface area contributed by atoms with E-state index in [1.54, 1.807) is 0 Å². The highest BCUT2D eigenvalue weighted by Crippen LogP contribution is 2.61. The van der Waals surface area contributed by atoms with Gasteiger partial charge in [0.05, 0.1) is 0 Å². The molecular weight excluding hydrogens is 492 g/mol. The molecule has 3 heteroatoms. The topological polar surface area (TPSA) is 29.5 Å². The minimum Gasteiger partial charge on any atom is -0.488 e. The zero-order valence-corrected chi connectivity index (χ0v) is 23.6. The molecule has 3 aliphatic rings. The highest BCUT2D eigenvalue weighted by atomic mass is 28.3. The van der Waals surface area contributed by atoms with Crippen LogP contribution in [0.3, 0.4) is 0 Å². The van der Waals surface area contributed by atoms with Gasteiger partial charge in [-0.05, 0) is 63.1 Å². The molecular formula is C36H28O2Si. The molecule has 0 fully saturated rings. The predicted octanol–water partition coefficient (Wildman–Crippen LogP) is 8.65. The van der Waals surface area contributed by atoms with Crippen LogP contribution in [0, 0.1) is 18.4 Å². The van der Waals surface area contributed by atoms with Gasteiger partial charge in [-0.1, -0.05) is 92.3 Å². The maximum absolute atomic E-state index is 12.0. The van der Waals surface area contributed by atoms with E-state index >= 15 is 0 Å². The third-order valence-corrected chi connectivity index (χ3v) is 9.30. The number of aryl methyl sites for hydroxylation is 1. The third kappa shape index (κ3) is 3.02. The Hall–Kier alpha value is -4.10. The van der Waals surface area contributed by atoms with Gasteiger partial charge in [0.2, 0.25) is 0 Å². The van der Waals surface area contributed by atoms with Crippen molar-refractivity contribution in [2.45, 2.75) is 39.3 Å². The molecule has 1 N–H and O–H groups in total. The first kappa shape index (κ1) is 22.8. The SMILES string of the molecule is Cc1cccc2c1-c1c(c(C#C[Si](C)(C)C)c3c4c(cc5c(c14)-c1ccccc1CO5)-c1ccccc1-3)C2O. The first-order valence-electron chi connectivity index (χ1n) is 13.7. The zero-order valence-electron chi connectivity index (χ0n) is 22.6. The molecule has 0 spiro atoms. The van der Waals surface area contributed by atoms with Crippen LogP contribution >= 0.6 is 0 Å². The second kappa shape index (κ2) is 7.73. The van der Waals surface area contributed by atoms with Crippen LogP contribution in [0.1, 0.15) is 33.9 Å². The Kier molecular flexibility index (Phi) is 4.53. The smallest absolute Gasteiger partial charge is 0.129 e. The minimum atomic E-state index is -1.70. The Balaban J connectivity index is 1.67. The highest BCUT2D eigenvalue weighted by molar-refractivity contribution is 6.83. The van der Waals surface area contributed by atoms with E-state index in [9.17, 15) is 5.11 Å². The average Bonchev–Trinajstić information content (AvgIpc) is 3.42. The summed E-state index contributed by atoms with van der Waals surface area (Å²) in [5.74, 6) is 4.59. The van der Waals surface area contributed by atoms with E-state index in [4.69, 9.17) is 4.74 Å². The quantitative estimate of drug-likeness (QED) is 0.160. The van der Waals surface area contributed by atoms with Gasteiger partial charge in [0.1, 0.15) is 26.5 Å². The molecule has 2 nitrogen and oxygen atoms in total. The fraction of sp³-hybridized carbons (Fsp3) is 0.167. The van der Waals surface area contributed by atoms with Crippen LogP contribution in [-0.4, -0.2) is 13.2 Å². The first-order chi connectivity index (χ1) is 18.8. The molecule has 0 radical (unpaired) electrons. The van der Waals surface area contributed by atoms with Crippen LogP contribution in [0.4, 0.5) is 0 Å². The van der Waals surface area contributed by atoms with E-state index in [1.165, 1.54) is 44.2 Å². The van der Waals surface area contributed by atoms with Gasteiger partial charge in [0.15, 0.2) is 0 Å². The molecule has 2 aliphatic carbocycles. The highest BCUT2D eigenvalue weighted by Gasteiger charge is 2.39. The average molecular weight is 521 g/mol. The van der Waals surface area contributed by atoms with Crippen molar-refractivity contribution in [1.82, 2.24) is 0 Å². The molecule has 1 unspecified atom stereocenters. The van der Waals surface area contributed by atoms with Crippen LogP contribution in [0.2, 0.25) is 19.6 Å². The van der Waals surface area contributed by atoms with Gasteiger partial charge in [0, 0.05) is 33.0 Å². The molecule has 1 aliphatic heterocycles. The number of fused-ring (bicyclic) bond motifs is 11. The summed E-state index contributed by atoms with van der Waals surface area (Å²) in [5, 5.41) is 14.4. The lowest BCUT2D eigenvalue weighted by Crippen LogP contribution is -2.16. The Bertz CT molecular complexity index is 1980. The normalized spacial score (nSPS) is 15.5. The molecule has 0 amide bonds. The number of aliphatic hydroxyl groups excluding tert-OH is 1. The zero-order chi connectivity index (χ0) is 26.6. The van der Waals surface area contributed by atoms with Crippen LogP contribution in [0.15, 0.2) is 72.8 Å². The van der Waals surface area contributed by atoms with Gasteiger partial charge >= 0.3 is 0 Å². The minimum absolute atomic E-state index is 0.558. The van der Waals surface area contributed by atoms with Crippen LogP contribution in [-0.2, 0) is 6.61 Å². The lowest BCUT2D eigenvalue weighted by atomic mass is 9.82. The van der Waals surface area contributed by atoms with Crippen molar-refractivity contribution < 1.29 is 9.84 Å². The van der Waals surface area contributed by atoms with Crippen molar-refractivity contribution in [2.75, 3.05) is 0 Å². The molecule has 5 aromatic rings. The third-order valence-electron chi connectivity index (χ3n) is 8.42. The number of aliphatic hydroxyl groups is 1. The van der Waals surface area contributed by atoms with Crippen LogP contribution < -0.4 is 4.74 Å². The van der Waals surface area contributed by atoms with Gasteiger partial charge in [-0.2, -0.15) is 0 Å². The lowest BCUT2D eigenvalue weighted by molar-refractivity contribution is 0.225. The van der Waals surface area contributed by atoms with Crippen molar-refractivity contribution in [3.63, 3.8) is 0 Å². The lowest BCUT2D eigenvalue weighted by Gasteiger charge is -2.26. The maximum atomic E-state index is 12.0. The summed E-state index contributed by atoms with van der Waals surface area (Å²) in [4.78, 5) is 0. The Morgan fingerprint density at radius 1 is 0.769 bits per heavy atom. The van der Waals surface area contributed by atoms with Crippen molar-refractivity contribution >= 4 is 18.8 Å². The van der Waals surface area contributed by atoms with Gasteiger partial charge in [-0.25, -0.2) is 0 Å². The van der Waals surface area contributed by atoms with Gasteiger partial charge in [-0.3, -0.25) is 0 Å². The Morgan fingerprint density at radius 2 is 1.51 bits per heavy atom. The van der Waals surface area contributed by atoms with Crippen LogP contribution in [0.5, 0.6) is 5.75 Å². The van der Waals surface area contributed by atoms with E-state index in [2.05, 4.69) is 111 Å². The van der Waals surface area contributed by atoms with Crippen molar-refractivity contribution in [1.29, 1.82) is 0 Å². The molecule has 0 aromatic heterocycles. The summed E-state index contributed by atoms with van der Waals surface area (Å²) >= 11 is 0. The second-order valence-corrected chi connectivity index (χ2v) is 16.8. The number of hydrogen-bond donors (Lipinski definition) is 1. The van der Waals surface area contributed by atoms with E-state index in [-0.39, 0.29) is 0 Å². The fourth-order valence-electron chi connectivity index (χ4n) is 6.86. The standard InChI is InChI=1S/C36H28O2Si/c1-20-10-9-15-26-29(20)34-33(36(26)37)25(16-17-39(2,3)4)30-24-14-8-7-13-23(24)27-18-28-31(35(34)32(27)30)22-12-6-5-11-21(22)19-38-28/h5-15,18,36-37H,19H2,1-4H3. The van der Waals surface area contributed by atoms with Crippen molar-refractivity contribution in [2.24, 2.45) is 0 Å². The Morgan fingerprint density at radius 3 is 2.31 bits per heavy atom. The molecule has 0 saturated heterocycles. The molecule has 188 valence electrons.